The number of aromatic nitrogens is 1. The van der Waals surface area contributed by atoms with E-state index in [1.165, 1.54) is 5.56 Å². The fourth-order valence-electron chi connectivity index (χ4n) is 1.71. The molecule has 1 atom stereocenters. The summed E-state index contributed by atoms with van der Waals surface area (Å²) in [5, 5.41) is 3.36. The molecule has 1 aromatic heterocycles. The first kappa shape index (κ1) is 13.1. The molecule has 0 aliphatic carbocycles. The highest BCUT2D eigenvalue weighted by Crippen LogP contribution is 2.19. The van der Waals surface area contributed by atoms with Crippen LogP contribution in [-0.2, 0) is 6.54 Å². The maximum absolute atomic E-state index is 5.58. The fourth-order valence-corrected chi connectivity index (χ4v) is 1.94. The minimum absolute atomic E-state index is 0.213. The Morgan fingerprint density at radius 3 is 2.50 bits per heavy atom. The maximum Gasteiger partial charge on any atom is 0.126 e. The number of nitrogens with one attached hydrogen (secondary N) is 1. The average molecular weight is 306 g/mol. The van der Waals surface area contributed by atoms with E-state index in [0.717, 1.165) is 15.9 Å². The third kappa shape index (κ3) is 3.31. The van der Waals surface area contributed by atoms with Crippen LogP contribution in [0, 0.1) is 0 Å². The Labute approximate surface area is 116 Å². The Kier molecular flexibility index (Phi) is 4.33. The van der Waals surface area contributed by atoms with E-state index in [4.69, 9.17) is 5.73 Å². The van der Waals surface area contributed by atoms with Gasteiger partial charge in [-0.15, -0.1) is 0 Å². The molecule has 0 bridgehead atoms. The molecule has 1 aromatic carbocycles. The van der Waals surface area contributed by atoms with Gasteiger partial charge in [0, 0.05) is 23.3 Å². The quantitative estimate of drug-likeness (QED) is 0.909. The molecular formula is C14H16BrN3. The second-order valence-electron chi connectivity index (χ2n) is 4.17. The van der Waals surface area contributed by atoms with Crippen molar-refractivity contribution in [1.82, 2.24) is 4.98 Å². The Bertz CT molecular complexity index is 493. The topological polar surface area (TPSA) is 50.9 Å². The van der Waals surface area contributed by atoms with Crippen LogP contribution >= 0.6 is 15.9 Å². The molecule has 18 heavy (non-hydrogen) atoms. The first-order valence-electron chi connectivity index (χ1n) is 5.86. The Morgan fingerprint density at radius 1 is 1.22 bits per heavy atom. The van der Waals surface area contributed by atoms with Crippen LogP contribution in [0.4, 0.5) is 5.82 Å². The monoisotopic (exact) mass is 305 g/mol. The number of anilines is 1. The Balaban J connectivity index is 2.06. The molecule has 94 valence electrons. The van der Waals surface area contributed by atoms with E-state index in [0.29, 0.717) is 6.54 Å². The van der Waals surface area contributed by atoms with Gasteiger partial charge in [-0.2, -0.15) is 0 Å². The molecule has 0 aliphatic heterocycles. The molecule has 0 saturated carbocycles. The predicted octanol–water partition coefficient (Wildman–Crippen LogP) is 3.48. The van der Waals surface area contributed by atoms with Crippen molar-refractivity contribution in [2.75, 3.05) is 5.32 Å². The first-order valence-corrected chi connectivity index (χ1v) is 6.65. The number of rotatable bonds is 4. The third-order valence-corrected chi connectivity index (χ3v) is 3.28. The van der Waals surface area contributed by atoms with Crippen molar-refractivity contribution < 1.29 is 0 Å². The van der Waals surface area contributed by atoms with E-state index in [9.17, 15) is 0 Å². The van der Waals surface area contributed by atoms with E-state index >= 15 is 0 Å². The number of nitrogens with two attached hydrogens (primary N) is 1. The normalized spacial score (nSPS) is 12.2. The predicted molar refractivity (Wildman–Crippen MR) is 78.3 cm³/mol. The van der Waals surface area contributed by atoms with E-state index in [1.54, 1.807) is 6.20 Å². The summed E-state index contributed by atoms with van der Waals surface area (Å²) >= 11 is 3.37. The molecule has 1 heterocycles. The molecule has 0 fully saturated rings. The van der Waals surface area contributed by atoms with Crippen LogP contribution in [0.2, 0.25) is 0 Å². The summed E-state index contributed by atoms with van der Waals surface area (Å²) < 4.78 is 0.980. The molecule has 0 saturated heterocycles. The maximum atomic E-state index is 5.58. The molecule has 2 aromatic rings. The molecule has 3 N–H and O–H groups in total. The SMILES string of the molecule is CC(Nc1ccc(Br)cn1)c1ccc(CN)cc1. The van der Waals surface area contributed by atoms with Gasteiger partial charge >= 0.3 is 0 Å². The van der Waals surface area contributed by atoms with Crippen LogP contribution in [0.3, 0.4) is 0 Å². The van der Waals surface area contributed by atoms with Crippen LogP contribution in [0.5, 0.6) is 0 Å². The summed E-state index contributed by atoms with van der Waals surface area (Å²) in [6.07, 6.45) is 1.78. The van der Waals surface area contributed by atoms with Gasteiger partial charge in [0.1, 0.15) is 5.82 Å². The molecule has 3 nitrogen and oxygen atoms in total. The van der Waals surface area contributed by atoms with Gasteiger partial charge in [-0.1, -0.05) is 24.3 Å². The number of benzene rings is 1. The molecule has 2 rings (SSSR count). The van der Waals surface area contributed by atoms with Crippen LogP contribution < -0.4 is 11.1 Å². The van der Waals surface area contributed by atoms with E-state index < -0.39 is 0 Å². The number of hydrogen-bond acceptors (Lipinski definition) is 3. The van der Waals surface area contributed by atoms with Crippen LogP contribution in [0.15, 0.2) is 47.1 Å². The standard InChI is InChI=1S/C14H16BrN3/c1-10(12-4-2-11(8-16)3-5-12)18-14-7-6-13(15)9-17-14/h2-7,9-10H,8,16H2,1H3,(H,17,18). The summed E-state index contributed by atoms with van der Waals surface area (Å²) in [4.78, 5) is 4.30. The van der Waals surface area contributed by atoms with Crippen molar-refractivity contribution in [1.29, 1.82) is 0 Å². The number of hydrogen-bond donors (Lipinski definition) is 2. The molecule has 1 unspecified atom stereocenters. The van der Waals surface area contributed by atoms with E-state index in [2.05, 4.69) is 57.4 Å². The highest BCUT2D eigenvalue weighted by Gasteiger charge is 2.05. The molecule has 0 aliphatic rings. The van der Waals surface area contributed by atoms with Gasteiger partial charge in [0.15, 0.2) is 0 Å². The fraction of sp³-hybridized carbons (Fsp3) is 0.214. The van der Waals surface area contributed by atoms with Crippen molar-refractivity contribution in [2.24, 2.45) is 5.73 Å². The lowest BCUT2D eigenvalue weighted by molar-refractivity contribution is 0.872. The van der Waals surface area contributed by atoms with Crippen molar-refractivity contribution in [3.8, 4) is 0 Å². The summed E-state index contributed by atoms with van der Waals surface area (Å²) in [7, 11) is 0. The van der Waals surface area contributed by atoms with Crippen molar-refractivity contribution >= 4 is 21.7 Å². The van der Waals surface area contributed by atoms with Gasteiger partial charge in [0.2, 0.25) is 0 Å². The van der Waals surface area contributed by atoms with Gasteiger partial charge in [-0.05, 0) is 46.1 Å². The summed E-state index contributed by atoms with van der Waals surface area (Å²) in [6.45, 7) is 2.69. The van der Waals surface area contributed by atoms with Gasteiger partial charge < -0.3 is 11.1 Å². The zero-order valence-corrected chi connectivity index (χ0v) is 11.8. The van der Waals surface area contributed by atoms with Crippen LogP contribution in [0.25, 0.3) is 0 Å². The molecule has 0 spiro atoms. The van der Waals surface area contributed by atoms with E-state index in [1.807, 2.05) is 12.1 Å². The number of nitrogens with zero attached hydrogens (tertiary/aromatic N) is 1. The zero-order chi connectivity index (χ0) is 13.0. The zero-order valence-electron chi connectivity index (χ0n) is 10.2. The van der Waals surface area contributed by atoms with Gasteiger partial charge in [-0.3, -0.25) is 0 Å². The minimum atomic E-state index is 0.213. The lowest BCUT2D eigenvalue weighted by Crippen LogP contribution is -2.08. The lowest BCUT2D eigenvalue weighted by Gasteiger charge is -2.15. The second-order valence-corrected chi connectivity index (χ2v) is 5.09. The highest BCUT2D eigenvalue weighted by atomic mass is 79.9. The lowest BCUT2D eigenvalue weighted by atomic mass is 10.1. The number of pyridine rings is 1. The van der Waals surface area contributed by atoms with Gasteiger partial charge in [-0.25, -0.2) is 4.98 Å². The molecule has 0 radical (unpaired) electrons. The summed E-state index contributed by atoms with van der Waals surface area (Å²) in [5.74, 6) is 0.869. The van der Waals surface area contributed by atoms with Crippen LogP contribution in [-0.4, -0.2) is 4.98 Å². The van der Waals surface area contributed by atoms with Crippen molar-refractivity contribution in [2.45, 2.75) is 19.5 Å². The first-order chi connectivity index (χ1) is 8.69. The molecular weight excluding hydrogens is 290 g/mol. The van der Waals surface area contributed by atoms with E-state index in [-0.39, 0.29) is 6.04 Å². The van der Waals surface area contributed by atoms with Gasteiger partial charge in [0.05, 0.1) is 0 Å². The largest absolute Gasteiger partial charge is 0.364 e. The summed E-state index contributed by atoms with van der Waals surface area (Å²) in [5.41, 5.74) is 7.95. The second kappa shape index (κ2) is 5.98. The minimum Gasteiger partial charge on any atom is -0.364 e. The highest BCUT2D eigenvalue weighted by molar-refractivity contribution is 9.10. The average Bonchev–Trinajstić information content (AvgIpc) is 2.41. The molecule has 4 heteroatoms. The smallest absolute Gasteiger partial charge is 0.126 e. The third-order valence-electron chi connectivity index (χ3n) is 2.81. The molecule has 0 amide bonds. The number of halogens is 1. The van der Waals surface area contributed by atoms with Gasteiger partial charge in [0.25, 0.3) is 0 Å². The van der Waals surface area contributed by atoms with Crippen molar-refractivity contribution in [3.05, 3.63) is 58.2 Å². The van der Waals surface area contributed by atoms with Crippen molar-refractivity contribution in [3.63, 3.8) is 0 Å². The summed E-state index contributed by atoms with van der Waals surface area (Å²) in [6, 6.07) is 12.4. The van der Waals surface area contributed by atoms with Crippen LogP contribution in [0.1, 0.15) is 24.1 Å². The Hall–Kier alpha value is -1.39. The Morgan fingerprint density at radius 2 is 1.94 bits per heavy atom.